The van der Waals surface area contributed by atoms with Crippen LogP contribution in [0, 0.1) is 0 Å². The van der Waals surface area contributed by atoms with Crippen molar-refractivity contribution < 1.29 is 18.7 Å². The van der Waals surface area contributed by atoms with Crippen molar-refractivity contribution in [3.05, 3.63) is 59.3 Å². The third-order valence-corrected chi connectivity index (χ3v) is 6.01. The summed E-state index contributed by atoms with van der Waals surface area (Å²) in [7, 11) is 1.65. The highest BCUT2D eigenvalue weighted by Crippen LogP contribution is 2.27. The van der Waals surface area contributed by atoms with Crippen LogP contribution in [-0.2, 0) is 20.8 Å². The molecule has 1 aliphatic heterocycles. The molecule has 1 aliphatic rings. The fourth-order valence-electron chi connectivity index (χ4n) is 3.60. The second-order valence-electron chi connectivity index (χ2n) is 7.19. The Balaban J connectivity index is 1.61. The van der Waals surface area contributed by atoms with E-state index in [1.807, 2.05) is 57.6 Å². The lowest BCUT2D eigenvalue weighted by Gasteiger charge is -2.35. The molecule has 0 N–H and O–H groups in total. The van der Waals surface area contributed by atoms with Gasteiger partial charge in [0.05, 0.1) is 31.2 Å². The van der Waals surface area contributed by atoms with Gasteiger partial charge in [0.2, 0.25) is 11.8 Å². The molecule has 1 atom stereocenters. The third kappa shape index (κ3) is 5.37. The van der Waals surface area contributed by atoms with Crippen LogP contribution in [0.4, 0.5) is 0 Å². The molecule has 2 aromatic heterocycles. The Morgan fingerprint density at radius 2 is 2.00 bits per heavy atom. The zero-order valence-electron chi connectivity index (χ0n) is 17.5. The Bertz CT molecular complexity index is 942. The van der Waals surface area contributed by atoms with Crippen molar-refractivity contribution in [3.8, 4) is 10.8 Å². The molecule has 0 spiro atoms. The summed E-state index contributed by atoms with van der Waals surface area (Å²) < 4.78 is 16.7. The second kappa shape index (κ2) is 10.6. The Morgan fingerprint density at radius 3 is 2.71 bits per heavy atom. The largest absolute Gasteiger partial charge is 0.419 e. The minimum atomic E-state index is -0.480. The van der Waals surface area contributed by atoms with Crippen LogP contribution in [0.2, 0.25) is 0 Å². The zero-order valence-corrected chi connectivity index (χ0v) is 18.3. The molecule has 4 rings (SSSR count). The molecule has 3 heterocycles. The lowest BCUT2D eigenvalue weighted by atomic mass is 10.0. The van der Waals surface area contributed by atoms with Gasteiger partial charge in [-0.05, 0) is 17.0 Å². The number of nitrogens with zero attached hydrogens (tertiary/aromatic N) is 4. The normalized spacial score (nSPS) is 15.4. The molecule has 0 saturated carbocycles. The molecule has 1 fully saturated rings. The van der Waals surface area contributed by atoms with Crippen molar-refractivity contribution in [2.45, 2.75) is 12.6 Å². The molecular formula is C22H26N4O4S. The van der Waals surface area contributed by atoms with Gasteiger partial charge in [-0.25, -0.2) is 0 Å². The topological polar surface area (TPSA) is 80.9 Å². The number of morpholine rings is 1. The number of ether oxygens (including phenoxy) is 2. The highest BCUT2D eigenvalue weighted by molar-refractivity contribution is 7.13. The van der Waals surface area contributed by atoms with Crippen molar-refractivity contribution >= 4 is 17.2 Å². The van der Waals surface area contributed by atoms with Crippen molar-refractivity contribution in [1.82, 2.24) is 20.0 Å². The summed E-state index contributed by atoms with van der Waals surface area (Å²) in [6, 6.07) is 13.2. The Labute approximate surface area is 185 Å². The van der Waals surface area contributed by atoms with Crippen LogP contribution in [0.3, 0.4) is 0 Å². The first kappa shape index (κ1) is 21.6. The number of amides is 1. The predicted octanol–water partition coefficient (Wildman–Crippen LogP) is 2.85. The number of carbonyl (C=O) groups is 1. The van der Waals surface area contributed by atoms with Crippen LogP contribution in [0.1, 0.15) is 17.5 Å². The van der Waals surface area contributed by atoms with Gasteiger partial charge in [-0.15, -0.1) is 21.5 Å². The molecule has 8 nitrogen and oxygen atoms in total. The molecule has 0 bridgehead atoms. The van der Waals surface area contributed by atoms with E-state index in [9.17, 15) is 4.79 Å². The number of benzene rings is 1. The van der Waals surface area contributed by atoms with Gasteiger partial charge in [0.1, 0.15) is 6.04 Å². The van der Waals surface area contributed by atoms with Crippen LogP contribution in [-0.4, -0.2) is 72.5 Å². The summed E-state index contributed by atoms with van der Waals surface area (Å²) in [5.41, 5.74) is 0.924. The first-order chi connectivity index (χ1) is 15.3. The van der Waals surface area contributed by atoms with Crippen LogP contribution in [0.5, 0.6) is 0 Å². The average Bonchev–Trinajstić information content (AvgIpc) is 3.51. The van der Waals surface area contributed by atoms with Crippen LogP contribution in [0.25, 0.3) is 10.8 Å². The maximum Gasteiger partial charge on any atom is 0.257 e. The van der Waals surface area contributed by atoms with E-state index < -0.39 is 6.04 Å². The lowest BCUT2D eigenvalue weighted by Crippen LogP contribution is -2.48. The van der Waals surface area contributed by atoms with E-state index in [2.05, 4.69) is 10.2 Å². The molecule has 9 heteroatoms. The monoisotopic (exact) mass is 442 g/mol. The van der Waals surface area contributed by atoms with E-state index >= 15 is 0 Å². The molecule has 1 aromatic carbocycles. The molecule has 1 amide bonds. The van der Waals surface area contributed by atoms with Gasteiger partial charge < -0.3 is 18.8 Å². The number of hydrogen-bond acceptors (Lipinski definition) is 8. The number of carbonyl (C=O) groups excluding carboxylic acids is 1. The summed E-state index contributed by atoms with van der Waals surface area (Å²) in [6.07, 6.45) is 0. The molecule has 1 saturated heterocycles. The fraction of sp³-hybridized carbons (Fsp3) is 0.409. The van der Waals surface area contributed by atoms with Gasteiger partial charge in [-0.2, -0.15) is 0 Å². The molecule has 0 unspecified atom stereocenters. The molecule has 164 valence electrons. The number of aromatic nitrogens is 2. The van der Waals surface area contributed by atoms with Gasteiger partial charge >= 0.3 is 0 Å². The quantitative estimate of drug-likeness (QED) is 0.504. The second-order valence-corrected chi connectivity index (χ2v) is 8.14. The summed E-state index contributed by atoms with van der Waals surface area (Å²) >= 11 is 1.55. The smallest absolute Gasteiger partial charge is 0.257 e. The number of rotatable bonds is 9. The van der Waals surface area contributed by atoms with Crippen molar-refractivity contribution in [2.75, 3.05) is 46.6 Å². The highest BCUT2D eigenvalue weighted by atomic mass is 32.1. The summed E-state index contributed by atoms with van der Waals surface area (Å²) in [5, 5.41) is 10.4. The highest BCUT2D eigenvalue weighted by Gasteiger charge is 2.33. The summed E-state index contributed by atoms with van der Waals surface area (Å²) in [5.74, 6) is 1.01. The van der Waals surface area contributed by atoms with E-state index in [4.69, 9.17) is 13.9 Å². The predicted molar refractivity (Wildman–Crippen MR) is 116 cm³/mol. The first-order valence-corrected chi connectivity index (χ1v) is 11.1. The number of hydrogen-bond donors (Lipinski definition) is 0. The van der Waals surface area contributed by atoms with E-state index in [1.165, 1.54) is 0 Å². The molecule has 31 heavy (non-hydrogen) atoms. The standard InChI is InChI=1S/C22H26N4O4S/c1-28-12-9-26(16-19-23-24-21(30-19)18-8-5-15-31-18)20(17-6-3-2-4-7-17)22(27)25-10-13-29-14-11-25/h2-8,15,20H,9-14,16H2,1H3/t20-/m0/s1. The summed E-state index contributed by atoms with van der Waals surface area (Å²) in [4.78, 5) is 18.4. The average molecular weight is 443 g/mol. The van der Waals surface area contributed by atoms with Gasteiger partial charge in [-0.1, -0.05) is 36.4 Å². The molecule has 0 aliphatic carbocycles. The summed E-state index contributed by atoms with van der Waals surface area (Å²) in [6.45, 7) is 3.65. The van der Waals surface area contributed by atoms with Gasteiger partial charge in [-0.3, -0.25) is 9.69 Å². The Kier molecular flexibility index (Phi) is 7.42. The van der Waals surface area contributed by atoms with E-state index in [-0.39, 0.29) is 5.91 Å². The third-order valence-electron chi connectivity index (χ3n) is 5.16. The van der Waals surface area contributed by atoms with Crippen LogP contribution in [0.15, 0.2) is 52.3 Å². The lowest BCUT2D eigenvalue weighted by molar-refractivity contribution is -0.142. The maximum atomic E-state index is 13.6. The maximum absolute atomic E-state index is 13.6. The minimum absolute atomic E-state index is 0.0450. The molecule has 3 aromatic rings. The van der Waals surface area contributed by atoms with Crippen molar-refractivity contribution in [1.29, 1.82) is 0 Å². The van der Waals surface area contributed by atoms with Crippen LogP contribution < -0.4 is 0 Å². The van der Waals surface area contributed by atoms with Gasteiger partial charge in [0.25, 0.3) is 5.89 Å². The Hall–Kier alpha value is -2.59. The van der Waals surface area contributed by atoms with E-state index in [0.717, 1.165) is 10.4 Å². The van der Waals surface area contributed by atoms with Crippen LogP contribution >= 0.6 is 11.3 Å². The minimum Gasteiger partial charge on any atom is -0.419 e. The molecule has 0 radical (unpaired) electrons. The number of methoxy groups -OCH3 is 1. The van der Waals surface area contributed by atoms with Crippen molar-refractivity contribution in [2.24, 2.45) is 0 Å². The van der Waals surface area contributed by atoms with Gasteiger partial charge in [0.15, 0.2) is 0 Å². The molecular weight excluding hydrogens is 416 g/mol. The Morgan fingerprint density at radius 1 is 1.19 bits per heavy atom. The SMILES string of the molecule is COCCN(Cc1nnc(-c2cccs2)o1)[C@H](C(=O)N1CCOCC1)c1ccccc1. The van der Waals surface area contributed by atoms with Crippen molar-refractivity contribution in [3.63, 3.8) is 0 Å². The van der Waals surface area contributed by atoms with E-state index in [1.54, 1.807) is 18.4 Å². The fourth-order valence-corrected chi connectivity index (χ4v) is 4.24. The van der Waals surface area contributed by atoms with Gasteiger partial charge in [0, 0.05) is 26.7 Å². The van der Waals surface area contributed by atoms with E-state index in [0.29, 0.717) is 57.8 Å². The zero-order chi connectivity index (χ0) is 21.5. The first-order valence-electron chi connectivity index (χ1n) is 10.3. The number of thiophene rings is 1.